The molecule has 1 fully saturated rings. The Morgan fingerprint density at radius 1 is 1.10 bits per heavy atom. The normalized spacial score (nSPS) is 24.2. The number of hydrogen-bond acceptors (Lipinski definition) is 3. The monoisotopic (exact) mass is 277 g/mol. The Morgan fingerprint density at radius 2 is 1.80 bits per heavy atom. The summed E-state index contributed by atoms with van der Waals surface area (Å²) < 4.78 is 11.0. The van der Waals surface area contributed by atoms with Gasteiger partial charge in [-0.3, -0.25) is 0 Å². The van der Waals surface area contributed by atoms with Crippen LogP contribution >= 0.6 is 0 Å². The average Bonchev–Trinajstić information content (AvgIpc) is 2.49. The molecule has 1 aliphatic rings. The molecule has 0 bridgehead atoms. The Bertz CT molecular complexity index is 425. The summed E-state index contributed by atoms with van der Waals surface area (Å²) in [4.78, 5) is 0. The Kier molecular flexibility index (Phi) is 5.30. The van der Waals surface area contributed by atoms with Crippen LogP contribution < -0.4 is 14.8 Å². The minimum atomic E-state index is 0.340. The summed E-state index contributed by atoms with van der Waals surface area (Å²) in [5, 5.41) is 3.49. The molecule has 3 nitrogen and oxygen atoms in total. The third-order valence-corrected chi connectivity index (χ3v) is 4.61. The van der Waals surface area contributed by atoms with Crippen LogP contribution in [-0.2, 0) is 0 Å². The Hall–Kier alpha value is -1.22. The molecule has 0 aromatic heterocycles. The second kappa shape index (κ2) is 6.98. The Labute approximate surface area is 122 Å². The molecule has 1 saturated carbocycles. The van der Waals surface area contributed by atoms with E-state index in [1.807, 2.05) is 19.2 Å². The zero-order chi connectivity index (χ0) is 14.5. The average molecular weight is 277 g/mol. The van der Waals surface area contributed by atoms with Gasteiger partial charge in [0.15, 0.2) is 11.5 Å². The quantitative estimate of drug-likeness (QED) is 0.888. The molecule has 0 spiro atoms. The highest BCUT2D eigenvalue weighted by Gasteiger charge is 2.28. The van der Waals surface area contributed by atoms with E-state index in [1.165, 1.54) is 31.2 Å². The fraction of sp³-hybridized carbons (Fsp3) is 0.647. The first kappa shape index (κ1) is 15.2. The van der Waals surface area contributed by atoms with Crippen LogP contribution in [0.25, 0.3) is 0 Å². The number of methoxy groups -OCH3 is 2. The highest BCUT2D eigenvalue weighted by atomic mass is 16.5. The summed E-state index contributed by atoms with van der Waals surface area (Å²) >= 11 is 0. The molecule has 2 rings (SSSR count). The van der Waals surface area contributed by atoms with Crippen LogP contribution in [0.4, 0.5) is 0 Å². The molecule has 3 heteroatoms. The predicted molar refractivity (Wildman–Crippen MR) is 82.5 cm³/mol. The smallest absolute Gasteiger partial charge is 0.165 e. The topological polar surface area (TPSA) is 30.5 Å². The van der Waals surface area contributed by atoms with Crippen molar-refractivity contribution in [3.63, 3.8) is 0 Å². The number of hydrogen-bond donors (Lipinski definition) is 1. The van der Waals surface area contributed by atoms with E-state index in [-0.39, 0.29) is 0 Å². The van der Waals surface area contributed by atoms with Gasteiger partial charge in [0.2, 0.25) is 0 Å². The molecule has 0 radical (unpaired) electrons. The van der Waals surface area contributed by atoms with Gasteiger partial charge in [-0.05, 0) is 37.8 Å². The molecule has 0 aliphatic heterocycles. The van der Waals surface area contributed by atoms with Crippen LogP contribution in [0.15, 0.2) is 18.2 Å². The van der Waals surface area contributed by atoms with E-state index in [1.54, 1.807) is 14.2 Å². The van der Waals surface area contributed by atoms with E-state index in [4.69, 9.17) is 9.47 Å². The summed E-state index contributed by atoms with van der Waals surface area (Å²) in [6.45, 7) is 2.36. The standard InChI is InChI=1S/C17H27NO2/c1-12-8-10-13(11-9-12)16(18-2)14-6-5-7-15(19-3)17(14)20-4/h5-7,12-13,16,18H,8-11H2,1-4H3. The molecule has 0 amide bonds. The van der Waals surface area contributed by atoms with E-state index in [9.17, 15) is 0 Å². The van der Waals surface area contributed by atoms with Crippen LogP contribution in [0.2, 0.25) is 0 Å². The van der Waals surface area contributed by atoms with Crippen molar-refractivity contribution in [1.82, 2.24) is 5.32 Å². The summed E-state index contributed by atoms with van der Waals surface area (Å²) in [6, 6.07) is 6.50. The fourth-order valence-corrected chi connectivity index (χ4v) is 3.42. The highest BCUT2D eigenvalue weighted by molar-refractivity contribution is 5.48. The fourth-order valence-electron chi connectivity index (χ4n) is 3.42. The summed E-state index contributed by atoms with van der Waals surface area (Å²) in [5.41, 5.74) is 1.22. The summed E-state index contributed by atoms with van der Waals surface area (Å²) in [7, 11) is 5.46. The van der Waals surface area contributed by atoms with Crippen molar-refractivity contribution in [1.29, 1.82) is 0 Å². The van der Waals surface area contributed by atoms with Gasteiger partial charge in [0, 0.05) is 11.6 Å². The highest BCUT2D eigenvalue weighted by Crippen LogP contribution is 2.42. The number of nitrogens with one attached hydrogen (secondary N) is 1. The van der Waals surface area contributed by atoms with Gasteiger partial charge in [-0.15, -0.1) is 0 Å². The predicted octanol–water partition coefficient (Wildman–Crippen LogP) is 3.79. The van der Waals surface area contributed by atoms with E-state index < -0.39 is 0 Å². The molecular weight excluding hydrogens is 250 g/mol. The first-order valence-corrected chi connectivity index (χ1v) is 7.59. The molecule has 0 heterocycles. The maximum Gasteiger partial charge on any atom is 0.165 e. The van der Waals surface area contributed by atoms with Gasteiger partial charge in [0.1, 0.15) is 0 Å². The Balaban J connectivity index is 2.27. The molecule has 1 N–H and O–H groups in total. The van der Waals surface area contributed by atoms with Crippen LogP contribution in [0.1, 0.15) is 44.2 Å². The molecular formula is C17H27NO2. The van der Waals surface area contributed by atoms with E-state index >= 15 is 0 Å². The molecule has 1 atom stereocenters. The summed E-state index contributed by atoms with van der Waals surface area (Å²) in [5.74, 6) is 3.23. The van der Waals surface area contributed by atoms with Gasteiger partial charge in [-0.1, -0.05) is 31.9 Å². The van der Waals surface area contributed by atoms with Crippen LogP contribution in [0.5, 0.6) is 11.5 Å². The van der Waals surface area contributed by atoms with Crippen molar-refractivity contribution in [3.8, 4) is 11.5 Å². The minimum Gasteiger partial charge on any atom is -0.493 e. The number of ether oxygens (including phenoxy) is 2. The van der Waals surface area contributed by atoms with Gasteiger partial charge < -0.3 is 14.8 Å². The third kappa shape index (κ3) is 3.09. The van der Waals surface area contributed by atoms with Crippen molar-refractivity contribution in [3.05, 3.63) is 23.8 Å². The summed E-state index contributed by atoms with van der Waals surface area (Å²) in [6.07, 6.45) is 5.23. The molecule has 20 heavy (non-hydrogen) atoms. The first-order valence-electron chi connectivity index (χ1n) is 7.59. The van der Waals surface area contributed by atoms with Crippen molar-refractivity contribution < 1.29 is 9.47 Å². The van der Waals surface area contributed by atoms with Crippen molar-refractivity contribution >= 4 is 0 Å². The van der Waals surface area contributed by atoms with E-state index in [0.717, 1.165) is 17.4 Å². The molecule has 1 aromatic carbocycles. The van der Waals surface area contributed by atoms with E-state index in [2.05, 4.69) is 18.3 Å². The lowest BCUT2D eigenvalue weighted by Gasteiger charge is -2.33. The van der Waals surface area contributed by atoms with Gasteiger partial charge in [0.25, 0.3) is 0 Å². The van der Waals surface area contributed by atoms with Crippen LogP contribution in [0, 0.1) is 11.8 Å². The largest absolute Gasteiger partial charge is 0.493 e. The maximum atomic E-state index is 5.60. The molecule has 1 unspecified atom stereocenters. The lowest BCUT2D eigenvalue weighted by molar-refractivity contribution is 0.233. The molecule has 0 saturated heterocycles. The van der Waals surface area contributed by atoms with Gasteiger partial charge in [-0.2, -0.15) is 0 Å². The van der Waals surface area contributed by atoms with E-state index in [0.29, 0.717) is 12.0 Å². The molecule has 1 aromatic rings. The van der Waals surface area contributed by atoms with Gasteiger partial charge >= 0.3 is 0 Å². The number of benzene rings is 1. The van der Waals surface area contributed by atoms with Crippen molar-refractivity contribution in [2.24, 2.45) is 11.8 Å². The lowest BCUT2D eigenvalue weighted by Crippen LogP contribution is -2.28. The second-order valence-corrected chi connectivity index (χ2v) is 5.87. The third-order valence-electron chi connectivity index (χ3n) is 4.61. The molecule has 1 aliphatic carbocycles. The first-order chi connectivity index (χ1) is 9.71. The maximum absolute atomic E-state index is 5.60. The lowest BCUT2D eigenvalue weighted by atomic mass is 9.77. The van der Waals surface area contributed by atoms with Gasteiger partial charge in [0.05, 0.1) is 14.2 Å². The van der Waals surface area contributed by atoms with Crippen molar-refractivity contribution in [2.75, 3.05) is 21.3 Å². The van der Waals surface area contributed by atoms with Gasteiger partial charge in [-0.25, -0.2) is 0 Å². The van der Waals surface area contributed by atoms with Crippen LogP contribution in [0.3, 0.4) is 0 Å². The minimum absolute atomic E-state index is 0.340. The van der Waals surface area contributed by atoms with Crippen molar-refractivity contribution in [2.45, 2.75) is 38.6 Å². The zero-order valence-corrected chi connectivity index (χ0v) is 13.1. The molecule has 112 valence electrons. The SMILES string of the molecule is CNC(c1cccc(OC)c1OC)C1CCC(C)CC1. The Morgan fingerprint density at radius 3 is 2.35 bits per heavy atom. The zero-order valence-electron chi connectivity index (χ0n) is 13.1. The number of rotatable bonds is 5. The number of para-hydroxylation sites is 1. The second-order valence-electron chi connectivity index (χ2n) is 5.87. The van der Waals surface area contributed by atoms with Crippen LogP contribution in [-0.4, -0.2) is 21.3 Å².